The molecule has 154 valence electrons. The van der Waals surface area contributed by atoms with Gasteiger partial charge in [-0.3, -0.25) is 14.4 Å². The standard InChI is InChI=1S/C24H23NO5/c1-16-9-12-18(13-10-16)22(28)21-19(14-11-17-6-3-2-4-7-17)25(24(30)23(21)29)15-5-8-20(26)27/h2-4,6-7,9-14,19,28H,5,8,15H2,1H3,(H,26,27)/b14-11+,22-21?. The molecule has 2 aromatic carbocycles. The zero-order valence-electron chi connectivity index (χ0n) is 16.6. The summed E-state index contributed by atoms with van der Waals surface area (Å²) in [5.41, 5.74) is 2.33. The summed E-state index contributed by atoms with van der Waals surface area (Å²) < 4.78 is 0. The number of hydrogen-bond acceptors (Lipinski definition) is 4. The Bertz CT molecular complexity index is 1010. The Morgan fingerprint density at radius 2 is 1.70 bits per heavy atom. The van der Waals surface area contributed by atoms with E-state index in [4.69, 9.17) is 5.11 Å². The number of hydrogen-bond donors (Lipinski definition) is 2. The number of carbonyl (C=O) groups is 3. The number of nitrogens with zero attached hydrogens (tertiary/aromatic N) is 1. The maximum Gasteiger partial charge on any atom is 0.303 e. The lowest BCUT2D eigenvalue weighted by atomic mass is 9.99. The number of likely N-dealkylation sites (tertiary alicyclic amines) is 1. The summed E-state index contributed by atoms with van der Waals surface area (Å²) in [5, 5.41) is 19.8. The van der Waals surface area contributed by atoms with Gasteiger partial charge in [-0.15, -0.1) is 0 Å². The number of carboxylic acid groups (broad SMARTS) is 1. The molecule has 1 heterocycles. The molecule has 0 saturated carbocycles. The molecule has 0 bridgehead atoms. The monoisotopic (exact) mass is 405 g/mol. The molecule has 0 spiro atoms. The van der Waals surface area contributed by atoms with E-state index in [-0.39, 0.29) is 30.7 Å². The lowest BCUT2D eigenvalue weighted by Crippen LogP contribution is -2.34. The number of carbonyl (C=O) groups excluding carboxylic acids is 2. The Balaban J connectivity index is 2.01. The quantitative estimate of drug-likeness (QED) is 0.417. The molecule has 1 unspecified atom stereocenters. The topological polar surface area (TPSA) is 94.9 Å². The zero-order chi connectivity index (χ0) is 21.7. The molecule has 3 rings (SSSR count). The van der Waals surface area contributed by atoms with Crippen molar-refractivity contribution >= 4 is 29.5 Å². The van der Waals surface area contributed by atoms with Gasteiger partial charge in [0.1, 0.15) is 5.76 Å². The van der Waals surface area contributed by atoms with Crippen LogP contribution in [0.25, 0.3) is 11.8 Å². The van der Waals surface area contributed by atoms with Crippen molar-refractivity contribution in [3.63, 3.8) is 0 Å². The minimum absolute atomic E-state index is 0.00589. The Labute approximate surface area is 174 Å². The Kier molecular flexibility index (Phi) is 6.47. The maximum absolute atomic E-state index is 12.8. The predicted octanol–water partition coefficient (Wildman–Crippen LogP) is 3.62. The van der Waals surface area contributed by atoms with Crippen LogP contribution in [0.5, 0.6) is 0 Å². The van der Waals surface area contributed by atoms with Gasteiger partial charge in [-0.2, -0.15) is 0 Å². The van der Waals surface area contributed by atoms with Crippen LogP contribution in [0.3, 0.4) is 0 Å². The van der Waals surface area contributed by atoms with Gasteiger partial charge in [-0.05, 0) is 18.9 Å². The van der Waals surface area contributed by atoms with Crippen molar-refractivity contribution in [1.82, 2.24) is 4.90 Å². The molecular weight excluding hydrogens is 382 g/mol. The summed E-state index contributed by atoms with van der Waals surface area (Å²) in [6.45, 7) is 2.01. The van der Waals surface area contributed by atoms with Crippen LogP contribution >= 0.6 is 0 Å². The first kappa shape index (κ1) is 21.0. The van der Waals surface area contributed by atoms with E-state index in [1.54, 1.807) is 24.3 Å². The maximum atomic E-state index is 12.8. The van der Waals surface area contributed by atoms with Crippen LogP contribution < -0.4 is 0 Å². The summed E-state index contributed by atoms with van der Waals surface area (Å²) in [4.78, 5) is 37.6. The molecule has 30 heavy (non-hydrogen) atoms. The summed E-state index contributed by atoms with van der Waals surface area (Å²) in [7, 11) is 0. The third-order valence-corrected chi connectivity index (χ3v) is 4.97. The first-order valence-electron chi connectivity index (χ1n) is 9.69. The van der Waals surface area contributed by atoms with Crippen molar-refractivity contribution in [2.24, 2.45) is 0 Å². The Morgan fingerprint density at radius 1 is 1.03 bits per heavy atom. The van der Waals surface area contributed by atoms with Crippen LogP contribution in [-0.4, -0.2) is 45.4 Å². The van der Waals surface area contributed by atoms with Gasteiger partial charge in [0.25, 0.3) is 11.7 Å². The second-order valence-electron chi connectivity index (χ2n) is 7.17. The fourth-order valence-corrected chi connectivity index (χ4v) is 3.38. The van der Waals surface area contributed by atoms with E-state index in [9.17, 15) is 19.5 Å². The van der Waals surface area contributed by atoms with Gasteiger partial charge in [0.2, 0.25) is 0 Å². The number of rotatable bonds is 7. The number of amides is 1. The van der Waals surface area contributed by atoms with Crippen molar-refractivity contribution < 1.29 is 24.6 Å². The number of aryl methyl sites for hydroxylation is 1. The molecule has 0 aliphatic carbocycles. The van der Waals surface area contributed by atoms with Crippen LogP contribution in [0, 0.1) is 6.92 Å². The molecule has 0 aromatic heterocycles. The van der Waals surface area contributed by atoms with Gasteiger partial charge in [-0.25, -0.2) is 0 Å². The van der Waals surface area contributed by atoms with Crippen molar-refractivity contribution in [3.05, 3.63) is 82.9 Å². The highest BCUT2D eigenvalue weighted by Crippen LogP contribution is 2.30. The summed E-state index contributed by atoms with van der Waals surface area (Å²) in [6, 6.07) is 15.6. The lowest BCUT2D eigenvalue weighted by molar-refractivity contribution is -0.140. The van der Waals surface area contributed by atoms with Crippen molar-refractivity contribution in [3.8, 4) is 0 Å². The summed E-state index contributed by atoms with van der Waals surface area (Å²) >= 11 is 0. The van der Waals surface area contributed by atoms with E-state index in [0.29, 0.717) is 5.56 Å². The van der Waals surface area contributed by atoms with Gasteiger partial charge in [0.05, 0.1) is 11.6 Å². The second-order valence-corrected chi connectivity index (χ2v) is 7.17. The van der Waals surface area contributed by atoms with E-state index in [0.717, 1.165) is 11.1 Å². The molecule has 6 nitrogen and oxygen atoms in total. The van der Waals surface area contributed by atoms with E-state index in [1.165, 1.54) is 4.90 Å². The fraction of sp³-hybridized carbons (Fsp3) is 0.208. The minimum atomic E-state index is -0.970. The zero-order valence-corrected chi connectivity index (χ0v) is 16.6. The number of aliphatic hydroxyl groups excluding tert-OH is 1. The molecule has 1 fully saturated rings. The van der Waals surface area contributed by atoms with Gasteiger partial charge >= 0.3 is 5.97 Å². The van der Waals surface area contributed by atoms with Crippen LogP contribution in [0.4, 0.5) is 0 Å². The van der Waals surface area contributed by atoms with Crippen LogP contribution in [0.1, 0.15) is 29.5 Å². The van der Waals surface area contributed by atoms with Gasteiger partial charge in [0, 0.05) is 18.5 Å². The lowest BCUT2D eigenvalue weighted by Gasteiger charge is -2.22. The average Bonchev–Trinajstić information content (AvgIpc) is 2.97. The molecule has 1 saturated heterocycles. The first-order valence-corrected chi connectivity index (χ1v) is 9.69. The molecule has 2 N–H and O–H groups in total. The van der Waals surface area contributed by atoms with E-state index < -0.39 is 23.7 Å². The Hall–Kier alpha value is -3.67. The number of ketones is 1. The average molecular weight is 405 g/mol. The molecule has 1 aliphatic rings. The first-order chi connectivity index (χ1) is 14.4. The molecule has 1 aliphatic heterocycles. The highest BCUT2D eigenvalue weighted by molar-refractivity contribution is 6.47. The molecule has 2 aromatic rings. The molecular formula is C24H23NO5. The van der Waals surface area contributed by atoms with E-state index in [2.05, 4.69) is 0 Å². The van der Waals surface area contributed by atoms with Crippen molar-refractivity contribution in [2.75, 3.05) is 6.54 Å². The second kappa shape index (κ2) is 9.22. The minimum Gasteiger partial charge on any atom is -0.507 e. The van der Waals surface area contributed by atoms with Crippen molar-refractivity contribution in [2.45, 2.75) is 25.8 Å². The van der Waals surface area contributed by atoms with Gasteiger partial charge in [-0.1, -0.05) is 72.3 Å². The number of aliphatic carboxylic acids is 1. The van der Waals surface area contributed by atoms with E-state index in [1.807, 2.05) is 49.4 Å². The number of aliphatic hydroxyl groups is 1. The number of benzene rings is 2. The smallest absolute Gasteiger partial charge is 0.303 e. The van der Waals surface area contributed by atoms with Crippen molar-refractivity contribution in [1.29, 1.82) is 0 Å². The highest BCUT2D eigenvalue weighted by atomic mass is 16.4. The number of Topliss-reactive ketones (excluding diaryl/α,β-unsaturated/α-hetero) is 1. The number of carboxylic acids is 1. The predicted molar refractivity (Wildman–Crippen MR) is 114 cm³/mol. The van der Waals surface area contributed by atoms with Crippen LogP contribution in [0.2, 0.25) is 0 Å². The molecule has 1 amide bonds. The SMILES string of the molecule is Cc1ccc(C(O)=C2C(=O)C(=O)N(CCCC(=O)O)C2/C=C/c2ccccc2)cc1. The van der Waals surface area contributed by atoms with E-state index >= 15 is 0 Å². The summed E-state index contributed by atoms with van der Waals surface area (Å²) in [5.74, 6) is -2.72. The van der Waals surface area contributed by atoms with Crippen LogP contribution in [0.15, 0.2) is 66.2 Å². The van der Waals surface area contributed by atoms with Gasteiger partial charge in [0.15, 0.2) is 0 Å². The fourth-order valence-electron chi connectivity index (χ4n) is 3.38. The Morgan fingerprint density at radius 3 is 2.33 bits per heavy atom. The van der Waals surface area contributed by atoms with Gasteiger partial charge < -0.3 is 15.1 Å². The highest BCUT2D eigenvalue weighted by Gasteiger charge is 2.43. The summed E-state index contributed by atoms with van der Waals surface area (Å²) in [6.07, 6.45) is 3.57. The molecule has 6 heteroatoms. The van der Waals surface area contributed by atoms with Crippen LogP contribution in [-0.2, 0) is 14.4 Å². The largest absolute Gasteiger partial charge is 0.507 e. The third kappa shape index (κ3) is 4.66. The molecule has 0 radical (unpaired) electrons. The normalized spacial score (nSPS) is 18.3. The third-order valence-electron chi connectivity index (χ3n) is 4.97. The molecule has 1 atom stereocenters.